The van der Waals surface area contributed by atoms with E-state index in [1.54, 1.807) is 30.5 Å². The molecule has 2 aromatic carbocycles. The Morgan fingerprint density at radius 3 is 2.80 bits per heavy atom. The van der Waals surface area contributed by atoms with Crippen LogP contribution in [0.15, 0.2) is 60.9 Å². The molecule has 0 saturated heterocycles. The molecule has 0 spiro atoms. The number of aliphatic hydroxyl groups excluding tert-OH is 1. The van der Waals surface area contributed by atoms with Gasteiger partial charge in [-0.1, -0.05) is 18.2 Å². The maximum atomic E-state index is 15.0. The number of hydrogen-bond donors (Lipinski definition) is 4. The van der Waals surface area contributed by atoms with Gasteiger partial charge in [0.1, 0.15) is 0 Å². The number of pyridine rings is 1. The van der Waals surface area contributed by atoms with E-state index in [4.69, 9.17) is 4.74 Å². The summed E-state index contributed by atoms with van der Waals surface area (Å²) in [6.07, 6.45) is 4.33. The molecule has 154 valence electrons. The minimum Gasteiger partial charge on any atom is -0.492 e. The van der Waals surface area contributed by atoms with E-state index in [1.807, 2.05) is 24.4 Å². The number of benzene rings is 2. The number of para-hydroxylation sites is 1. The summed E-state index contributed by atoms with van der Waals surface area (Å²) < 4.78 is 20.3. The summed E-state index contributed by atoms with van der Waals surface area (Å²) in [5.41, 5.74) is 4.36. The van der Waals surface area contributed by atoms with Crippen LogP contribution in [0, 0.1) is 5.82 Å². The van der Waals surface area contributed by atoms with Gasteiger partial charge in [-0.2, -0.15) is 0 Å². The minimum atomic E-state index is -0.460. The number of hydrogen-bond acceptors (Lipinski definition) is 5. The lowest BCUT2D eigenvalue weighted by molar-refractivity contribution is 0.277. The van der Waals surface area contributed by atoms with E-state index in [0.717, 1.165) is 11.9 Å². The van der Waals surface area contributed by atoms with Gasteiger partial charge in [-0.3, -0.25) is 4.98 Å². The van der Waals surface area contributed by atoms with Crippen molar-refractivity contribution >= 4 is 28.0 Å². The fourth-order valence-corrected chi connectivity index (χ4v) is 3.46. The Balaban J connectivity index is 1.47. The number of ether oxygens (including phenoxy) is 1. The second-order valence-electron chi connectivity index (χ2n) is 6.86. The number of fused-ring (bicyclic) bond motifs is 1. The highest BCUT2D eigenvalue weighted by Gasteiger charge is 2.15. The maximum absolute atomic E-state index is 15.0. The van der Waals surface area contributed by atoms with Crippen LogP contribution in [0.2, 0.25) is 0 Å². The van der Waals surface area contributed by atoms with Crippen LogP contribution in [0.1, 0.15) is 11.3 Å². The fourth-order valence-electron chi connectivity index (χ4n) is 3.46. The number of methoxy groups -OCH3 is 1. The molecule has 4 aromatic rings. The summed E-state index contributed by atoms with van der Waals surface area (Å²) in [5, 5.41) is 16.7. The van der Waals surface area contributed by atoms with Gasteiger partial charge in [0.05, 0.1) is 30.8 Å². The average Bonchev–Trinajstić information content (AvgIpc) is 3.19. The van der Waals surface area contributed by atoms with Crippen molar-refractivity contribution in [2.45, 2.75) is 13.0 Å². The van der Waals surface area contributed by atoms with Crippen LogP contribution in [0.4, 0.5) is 21.5 Å². The molecular weight excluding hydrogens is 383 g/mol. The number of aromatic nitrogens is 2. The lowest BCUT2D eigenvalue weighted by atomic mass is 10.1. The summed E-state index contributed by atoms with van der Waals surface area (Å²) in [4.78, 5) is 7.29. The van der Waals surface area contributed by atoms with Gasteiger partial charge in [0, 0.05) is 35.5 Å². The molecule has 0 atom stereocenters. The van der Waals surface area contributed by atoms with Crippen molar-refractivity contribution < 1.29 is 14.2 Å². The molecule has 0 bridgehead atoms. The molecule has 30 heavy (non-hydrogen) atoms. The predicted octanol–water partition coefficient (Wildman–Crippen LogP) is 4.60. The highest BCUT2D eigenvalue weighted by Crippen LogP contribution is 2.34. The number of nitrogens with one attached hydrogen (secondary N) is 3. The number of aliphatic hydroxyl groups is 1. The molecule has 2 aromatic heterocycles. The van der Waals surface area contributed by atoms with E-state index in [0.29, 0.717) is 29.3 Å². The Morgan fingerprint density at radius 2 is 1.97 bits per heavy atom. The zero-order valence-corrected chi connectivity index (χ0v) is 16.6. The smallest absolute Gasteiger partial charge is 0.190 e. The molecular formula is C23H23FN4O2. The predicted molar refractivity (Wildman–Crippen MR) is 117 cm³/mol. The number of aromatic amines is 1. The van der Waals surface area contributed by atoms with Crippen molar-refractivity contribution in [1.82, 2.24) is 9.97 Å². The second-order valence-corrected chi connectivity index (χ2v) is 6.86. The normalized spacial score (nSPS) is 10.9. The van der Waals surface area contributed by atoms with Gasteiger partial charge in [-0.05, 0) is 42.3 Å². The largest absolute Gasteiger partial charge is 0.492 e. The summed E-state index contributed by atoms with van der Waals surface area (Å²) in [7, 11) is 1.44. The highest BCUT2D eigenvalue weighted by atomic mass is 19.1. The van der Waals surface area contributed by atoms with E-state index in [9.17, 15) is 5.11 Å². The van der Waals surface area contributed by atoms with Crippen LogP contribution < -0.4 is 15.4 Å². The van der Waals surface area contributed by atoms with Crippen LogP contribution in [0.3, 0.4) is 0 Å². The molecule has 7 heteroatoms. The molecule has 0 fully saturated rings. The van der Waals surface area contributed by atoms with Gasteiger partial charge in [0.15, 0.2) is 11.6 Å². The Bertz CT molecular complexity index is 1160. The van der Waals surface area contributed by atoms with Crippen LogP contribution in [0.5, 0.6) is 5.75 Å². The molecule has 0 saturated carbocycles. The standard InChI is InChI=1S/C23H23FN4O2/c1-30-23-21(28-16-9-11-25-17(12-16)14-29)7-6-20(22(23)24)26-10-8-15-13-27-19-5-3-2-4-18(15)19/h2-7,9,11-13,26-27,29H,8,10,14H2,1H3,(H,25,28). The molecule has 0 unspecified atom stereocenters. The molecule has 2 heterocycles. The fraction of sp³-hybridized carbons (Fsp3) is 0.174. The maximum Gasteiger partial charge on any atom is 0.190 e. The monoisotopic (exact) mass is 406 g/mol. The number of anilines is 3. The van der Waals surface area contributed by atoms with Crippen LogP contribution >= 0.6 is 0 Å². The van der Waals surface area contributed by atoms with Gasteiger partial charge < -0.3 is 25.5 Å². The molecule has 4 N–H and O–H groups in total. The van der Waals surface area contributed by atoms with Gasteiger partial charge in [0.2, 0.25) is 0 Å². The number of halogens is 1. The van der Waals surface area contributed by atoms with Crippen LogP contribution in [-0.4, -0.2) is 28.7 Å². The van der Waals surface area contributed by atoms with Crippen molar-refractivity contribution in [3.05, 3.63) is 78.0 Å². The van der Waals surface area contributed by atoms with Gasteiger partial charge >= 0.3 is 0 Å². The van der Waals surface area contributed by atoms with E-state index in [-0.39, 0.29) is 12.4 Å². The third kappa shape index (κ3) is 4.06. The SMILES string of the molecule is COc1c(Nc2ccnc(CO)c2)ccc(NCCc2c[nH]c3ccccc23)c1F. The molecule has 4 rings (SSSR count). The van der Waals surface area contributed by atoms with E-state index in [2.05, 4.69) is 26.7 Å². The first kappa shape index (κ1) is 19.7. The summed E-state index contributed by atoms with van der Waals surface area (Å²) >= 11 is 0. The van der Waals surface area contributed by atoms with Gasteiger partial charge in [-0.25, -0.2) is 4.39 Å². The molecule has 6 nitrogen and oxygen atoms in total. The molecule has 0 aliphatic carbocycles. The van der Waals surface area contributed by atoms with Crippen LogP contribution in [0.25, 0.3) is 10.9 Å². The molecule has 0 aliphatic heterocycles. The Kier molecular flexibility index (Phi) is 5.81. The summed E-state index contributed by atoms with van der Waals surface area (Å²) in [6, 6.07) is 15.0. The third-order valence-corrected chi connectivity index (χ3v) is 4.94. The number of rotatable bonds is 8. The second kappa shape index (κ2) is 8.84. The summed E-state index contributed by atoms with van der Waals surface area (Å²) in [6.45, 7) is 0.416. The van der Waals surface area contributed by atoms with E-state index < -0.39 is 5.82 Å². The van der Waals surface area contributed by atoms with Gasteiger partial charge in [0.25, 0.3) is 0 Å². The first-order valence-corrected chi connectivity index (χ1v) is 9.67. The minimum absolute atomic E-state index is 0.120. The molecule has 0 aliphatic rings. The number of nitrogens with zero attached hydrogens (tertiary/aromatic N) is 1. The quantitative estimate of drug-likeness (QED) is 0.344. The lowest BCUT2D eigenvalue weighted by Crippen LogP contribution is -2.08. The van der Waals surface area contributed by atoms with Crippen molar-refractivity contribution in [2.24, 2.45) is 0 Å². The van der Waals surface area contributed by atoms with Crippen molar-refractivity contribution in [3.63, 3.8) is 0 Å². The number of H-pyrrole nitrogens is 1. The van der Waals surface area contributed by atoms with Crippen molar-refractivity contribution in [2.75, 3.05) is 24.3 Å². The van der Waals surface area contributed by atoms with E-state index >= 15 is 4.39 Å². The zero-order valence-electron chi connectivity index (χ0n) is 16.6. The lowest BCUT2D eigenvalue weighted by Gasteiger charge is -2.15. The van der Waals surface area contributed by atoms with Gasteiger partial charge in [-0.15, -0.1) is 0 Å². The Morgan fingerprint density at radius 1 is 1.13 bits per heavy atom. The first-order valence-electron chi connectivity index (χ1n) is 9.67. The Labute approximate surface area is 173 Å². The first-order chi connectivity index (χ1) is 14.7. The third-order valence-electron chi connectivity index (χ3n) is 4.94. The van der Waals surface area contributed by atoms with Crippen molar-refractivity contribution in [3.8, 4) is 5.75 Å². The van der Waals surface area contributed by atoms with Crippen LogP contribution in [-0.2, 0) is 13.0 Å². The summed E-state index contributed by atoms with van der Waals surface area (Å²) in [5.74, 6) is -0.340. The molecule has 0 amide bonds. The highest BCUT2D eigenvalue weighted by molar-refractivity contribution is 5.83. The Hall–Kier alpha value is -3.58. The molecule has 0 radical (unpaired) electrons. The topological polar surface area (TPSA) is 82.2 Å². The average molecular weight is 406 g/mol. The zero-order chi connectivity index (χ0) is 20.9. The van der Waals surface area contributed by atoms with Crippen molar-refractivity contribution in [1.29, 1.82) is 0 Å². The van der Waals surface area contributed by atoms with E-state index in [1.165, 1.54) is 18.1 Å².